The third-order valence-electron chi connectivity index (χ3n) is 4.74. The van der Waals surface area contributed by atoms with Crippen molar-refractivity contribution in [2.75, 3.05) is 5.73 Å². The zero-order valence-electron chi connectivity index (χ0n) is 17.8. The molecule has 1 aromatic carbocycles. The Morgan fingerprint density at radius 2 is 1.93 bits per heavy atom. The third-order valence-corrected chi connectivity index (χ3v) is 4.74. The molecule has 1 unspecified atom stereocenters. The van der Waals surface area contributed by atoms with Gasteiger partial charge in [-0.25, -0.2) is 4.98 Å². The SMILES string of the molecule is CC(C=CC(C=O)NCc1ccccc1)=CCC(=O)NCc1c(C)cc(N)nc1C. The number of amides is 1. The molecule has 1 amide bonds. The molecule has 0 fully saturated rings. The molecule has 0 saturated heterocycles. The number of hydrogen-bond donors (Lipinski definition) is 3. The highest BCUT2D eigenvalue weighted by atomic mass is 16.1. The van der Waals surface area contributed by atoms with Crippen molar-refractivity contribution in [1.29, 1.82) is 0 Å². The van der Waals surface area contributed by atoms with Crippen LogP contribution in [-0.4, -0.2) is 23.2 Å². The van der Waals surface area contributed by atoms with Gasteiger partial charge in [-0.1, -0.05) is 54.1 Å². The lowest BCUT2D eigenvalue weighted by atomic mass is 10.1. The Morgan fingerprint density at radius 1 is 1.20 bits per heavy atom. The minimum absolute atomic E-state index is 0.0764. The zero-order valence-corrected chi connectivity index (χ0v) is 17.8. The summed E-state index contributed by atoms with van der Waals surface area (Å²) in [6, 6.07) is 11.3. The molecule has 4 N–H and O–H groups in total. The standard InChI is InChI=1S/C24H30N4O2/c1-17(9-11-21(16-29)26-14-20-7-5-4-6-8-20)10-12-24(30)27-15-22-18(2)13-23(25)28-19(22)3/h4-11,13,16,21,26H,12,14-15H2,1-3H3,(H2,25,28)(H,27,30). The Balaban J connectivity index is 1.81. The van der Waals surface area contributed by atoms with E-state index in [0.717, 1.165) is 34.2 Å². The maximum atomic E-state index is 12.2. The van der Waals surface area contributed by atoms with Crippen molar-refractivity contribution in [3.8, 4) is 0 Å². The number of aldehydes is 1. The van der Waals surface area contributed by atoms with Crippen molar-refractivity contribution in [3.63, 3.8) is 0 Å². The molecule has 0 spiro atoms. The van der Waals surface area contributed by atoms with E-state index in [9.17, 15) is 9.59 Å². The number of nitrogens with one attached hydrogen (secondary N) is 2. The molecule has 0 saturated carbocycles. The summed E-state index contributed by atoms with van der Waals surface area (Å²) >= 11 is 0. The normalized spacial score (nSPS) is 12.7. The van der Waals surface area contributed by atoms with E-state index >= 15 is 0 Å². The van der Waals surface area contributed by atoms with E-state index in [1.54, 1.807) is 12.1 Å². The maximum Gasteiger partial charge on any atom is 0.224 e. The molecular weight excluding hydrogens is 376 g/mol. The Labute approximate surface area is 178 Å². The van der Waals surface area contributed by atoms with Crippen molar-refractivity contribution in [1.82, 2.24) is 15.6 Å². The number of rotatable bonds is 10. The van der Waals surface area contributed by atoms with E-state index in [0.29, 0.717) is 18.9 Å². The average Bonchev–Trinajstić information content (AvgIpc) is 2.72. The van der Waals surface area contributed by atoms with Crippen LogP contribution in [0.2, 0.25) is 0 Å². The van der Waals surface area contributed by atoms with Crippen LogP contribution in [0.5, 0.6) is 0 Å². The van der Waals surface area contributed by atoms with E-state index in [1.807, 2.05) is 63.3 Å². The summed E-state index contributed by atoms with van der Waals surface area (Å²) in [5, 5.41) is 6.10. The zero-order chi connectivity index (χ0) is 21.9. The molecule has 1 heterocycles. The molecule has 1 aromatic heterocycles. The summed E-state index contributed by atoms with van der Waals surface area (Å²) in [5.41, 5.74) is 10.6. The molecule has 158 valence electrons. The largest absolute Gasteiger partial charge is 0.384 e. The van der Waals surface area contributed by atoms with Gasteiger partial charge in [-0.2, -0.15) is 0 Å². The van der Waals surface area contributed by atoms with Gasteiger partial charge in [0.05, 0.1) is 6.04 Å². The molecule has 6 heteroatoms. The molecule has 0 aliphatic rings. The van der Waals surface area contributed by atoms with Crippen LogP contribution in [0.4, 0.5) is 5.82 Å². The van der Waals surface area contributed by atoms with Crippen molar-refractivity contribution >= 4 is 18.0 Å². The topological polar surface area (TPSA) is 97.1 Å². The molecule has 6 nitrogen and oxygen atoms in total. The van der Waals surface area contributed by atoms with Gasteiger partial charge in [0.25, 0.3) is 0 Å². The Morgan fingerprint density at radius 3 is 2.60 bits per heavy atom. The monoisotopic (exact) mass is 406 g/mol. The lowest BCUT2D eigenvalue weighted by Crippen LogP contribution is -2.27. The van der Waals surface area contributed by atoms with E-state index in [2.05, 4.69) is 15.6 Å². The van der Waals surface area contributed by atoms with Gasteiger partial charge in [0, 0.05) is 25.2 Å². The number of anilines is 1. The van der Waals surface area contributed by atoms with Gasteiger partial charge in [-0.15, -0.1) is 0 Å². The van der Waals surface area contributed by atoms with Gasteiger partial charge in [-0.3, -0.25) is 4.79 Å². The van der Waals surface area contributed by atoms with E-state index in [1.165, 1.54) is 0 Å². The summed E-state index contributed by atoms with van der Waals surface area (Å²) in [6.45, 7) is 6.77. The fraction of sp³-hybridized carbons (Fsp3) is 0.292. The number of hydrogen-bond acceptors (Lipinski definition) is 5. The average molecular weight is 407 g/mol. The second kappa shape index (κ2) is 11.7. The maximum absolute atomic E-state index is 12.2. The highest BCUT2D eigenvalue weighted by Gasteiger charge is 2.07. The van der Waals surface area contributed by atoms with Gasteiger partial charge < -0.3 is 21.2 Å². The predicted molar refractivity (Wildman–Crippen MR) is 121 cm³/mol. The number of nitrogens with zero attached hydrogens (tertiary/aromatic N) is 1. The first-order chi connectivity index (χ1) is 14.4. The second-order valence-electron chi connectivity index (χ2n) is 7.24. The molecule has 0 radical (unpaired) electrons. The third kappa shape index (κ3) is 7.64. The fourth-order valence-electron chi connectivity index (χ4n) is 2.98. The minimum Gasteiger partial charge on any atom is -0.384 e. The van der Waals surface area contributed by atoms with Crippen LogP contribution in [0.25, 0.3) is 0 Å². The summed E-state index contributed by atoms with van der Waals surface area (Å²) < 4.78 is 0. The number of benzene rings is 1. The first-order valence-electron chi connectivity index (χ1n) is 9.96. The molecule has 30 heavy (non-hydrogen) atoms. The van der Waals surface area contributed by atoms with Crippen LogP contribution < -0.4 is 16.4 Å². The Kier molecular flexibility index (Phi) is 8.97. The molecule has 0 aliphatic carbocycles. The summed E-state index contributed by atoms with van der Waals surface area (Å²) in [4.78, 5) is 27.7. The number of allylic oxidation sites excluding steroid dienone is 2. The van der Waals surface area contributed by atoms with Crippen LogP contribution in [0, 0.1) is 13.8 Å². The summed E-state index contributed by atoms with van der Waals surface area (Å²) in [5.74, 6) is 0.407. The molecule has 1 atom stereocenters. The number of carbonyl (C=O) groups excluding carboxylic acids is 2. The Hall–Kier alpha value is -3.25. The minimum atomic E-state index is -0.383. The van der Waals surface area contributed by atoms with Gasteiger partial charge in [-0.05, 0) is 43.5 Å². The first kappa shape index (κ1) is 23.0. The fourth-order valence-corrected chi connectivity index (χ4v) is 2.98. The molecule has 0 aliphatic heterocycles. The van der Waals surface area contributed by atoms with Gasteiger partial charge >= 0.3 is 0 Å². The van der Waals surface area contributed by atoms with E-state index in [-0.39, 0.29) is 18.4 Å². The molecular formula is C24H30N4O2. The summed E-state index contributed by atoms with van der Waals surface area (Å²) in [7, 11) is 0. The quantitative estimate of drug-likeness (QED) is 0.416. The lowest BCUT2D eigenvalue weighted by molar-refractivity contribution is -0.120. The number of pyridine rings is 1. The smallest absolute Gasteiger partial charge is 0.224 e. The van der Waals surface area contributed by atoms with Crippen LogP contribution in [-0.2, 0) is 22.7 Å². The van der Waals surface area contributed by atoms with Crippen molar-refractivity contribution in [2.45, 2.75) is 46.3 Å². The first-order valence-corrected chi connectivity index (χ1v) is 9.96. The van der Waals surface area contributed by atoms with Gasteiger partial charge in [0.15, 0.2) is 0 Å². The molecule has 2 rings (SSSR count). The highest BCUT2D eigenvalue weighted by molar-refractivity contribution is 5.77. The highest BCUT2D eigenvalue weighted by Crippen LogP contribution is 2.14. The predicted octanol–water partition coefficient (Wildman–Crippen LogP) is 3.15. The molecule has 0 bridgehead atoms. The van der Waals surface area contributed by atoms with Gasteiger partial charge in [0.1, 0.15) is 12.1 Å². The number of nitrogens with two attached hydrogens (primary N) is 1. The van der Waals surface area contributed by atoms with Crippen LogP contribution in [0.15, 0.2) is 60.2 Å². The van der Waals surface area contributed by atoms with E-state index < -0.39 is 0 Å². The van der Waals surface area contributed by atoms with Crippen molar-refractivity contribution < 1.29 is 9.59 Å². The van der Waals surface area contributed by atoms with Crippen LogP contribution >= 0.6 is 0 Å². The second-order valence-corrected chi connectivity index (χ2v) is 7.24. The lowest BCUT2D eigenvalue weighted by Gasteiger charge is -2.11. The summed E-state index contributed by atoms with van der Waals surface area (Å²) in [6.07, 6.45) is 6.62. The number of nitrogen functional groups attached to an aromatic ring is 1. The van der Waals surface area contributed by atoms with Crippen molar-refractivity contribution in [3.05, 3.63) is 82.6 Å². The number of aryl methyl sites for hydroxylation is 2. The van der Waals surface area contributed by atoms with Crippen molar-refractivity contribution in [2.24, 2.45) is 0 Å². The Bertz CT molecular complexity index is 897. The van der Waals surface area contributed by atoms with Crippen LogP contribution in [0.1, 0.15) is 35.7 Å². The van der Waals surface area contributed by atoms with Crippen LogP contribution in [0.3, 0.4) is 0 Å². The number of carbonyl (C=O) groups is 2. The van der Waals surface area contributed by atoms with Gasteiger partial charge in [0.2, 0.25) is 5.91 Å². The number of aromatic nitrogens is 1. The molecule has 2 aromatic rings. The van der Waals surface area contributed by atoms with E-state index in [4.69, 9.17) is 5.73 Å².